The lowest BCUT2D eigenvalue weighted by molar-refractivity contribution is -0.147. The van der Waals surface area contributed by atoms with Gasteiger partial charge in [0.1, 0.15) is 18.7 Å². The Morgan fingerprint density at radius 1 is 0.977 bits per heavy atom. The Balaban J connectivity index is 1.76. The molecule has 0 aromatic heterocycles. The minimum Gasteiger partial charge on any atom is -0.445 e. The standard InChI is InChI=1S/C31H41N5O7/c1-31(2,3)35-28(40)24-15-10-16-36(24)29(41)26(38)22(17-20-11-6-4-7-12-20)33-27(39)23(18-25(32)37)34-30(42)43-19-21-13-8-5-9-14-21/h4-9,11-14,22-24,26,38H,10,15-19H2,1-3H3,(H2,32,37)(H,33,39)(H,34,42)(H,35,40)/t22-,23-,24-,26?/m0/s1. The molecule has 232 valence electrons. The SMILES string of the molecule is CC(C)(C)NC(=O)[C@@H]1CCCN1C(=O)C(O)[C@H](Cc1ccccc1)NC(=O)[C@H](CC(N)=O)NC(=O)OCc1ccccc1. The molecule has 1 heterocycles. The monoisotopic (exact) mass is 595 g/mol. The zero-order valence-corrected chi connectivity index (χ0v) is 24.7. The summed E-state index contributed by atoms with van der Waals surface area (Å²) < 4.78 is 5.18. The molecule has 43 heavy (non-hydrogen) atoms. The number of nitrogens with two attached hydrogens (primary N) is 1. The number of ether oxygens (including phenoxy) is 1. The van der Waals surface area contributed by atoms with Gasteiger partial charge in [0.15, 0.2) is 6.10 Å². The van der Waals surface area contributed by atoms with Crippen molar-refractivity contribution in [2.24, 2.45) is 5.73 Å². The molecule has 1 unspecified atom stereocenters. The minimum atomic E-state index is -1.73. The van der Waals surface area contributed by atoms with Crippen molar-refractivity contribution in [3.63, 3.8) is 0 Å². The van der Waals surface area contributed by atoms with Crippen molar-refractivity contribution in [3.8, 4) is 0 Å². The second kappa shape index (κ2) is 15.1. The second-order valence-corrected chi connectivity index (χ2v) is 11.6. The van der Waals surface area contributed by atoms with Crippen LogP contribution in [0.2, 0.25) is 0 Å². The van der Waals surface area contributed by atoms with Crippen LogP contribution in [0.1, 0.15) is 51.2 Å². The number of amides is 5. The van der Waals surface area contributed by atoms with E-state index in [0.29, 0.717) is 18.4 Å². The number of likely N-dealkylation sites (tertiary alicyclic amines) is 1. The van der Waals surface area contributed by atoms with E-state index in [4.69, 9.17) is 10.5 Å². The first-order valence-corrected chi connectivity index (χ1v) is 14.2. The van der Waals surface area contributed by atoms with Crippen LogP contribution in [0.4, 0.5) is 4.79 Å². The third-order valence-corrected chi connectivity index (χ3v) is 6.82. The van der Waals surface area contributed by atoms with E-state index in [1.54, 1.807) is 54.6 Å². The van der Waals surface area contributed by atoms with E-state index in [9.17, 15) is 29.1 Å². The van der Waals surface area contributed by atoms with Crippen LogP contribution in [0.3, 0.4) is 0 Å². The van der Waals surface area contributed by atoms with Gasteiger partial charge in [-0.25, -0.2) is 4.79 Å². The topological polar surface area (TPSA) is 180 Å². The van der Waals surface area contributed by atoms with Crippen LogP contribution < -0.4 is 21.7 Å². The van der Waals surface area contributed by atoms with Gasteiger partial charge in [0.25, 0.3) is 5.91 Å². The van der Waals surface area contributed by atoms with Gasteiger partial charge in [-0.15, -0.1) is 0 Å². The molecule has 1 fully saturated rings. The summed E-state index contributed by atoms with van der Waals surface area (Å²) in [6, 6.07) is 14.4. The minimum absolute atomic E-state index is 0.0495. The Morgan fingerprint density at radius 3 is 2.16 bits per heavy atom. The molecule has 3 rings (SSSR count). The number of aliphatic hydroxyl groups is 1. The quantitative estimate of drug-likeness (QED) is 0.244. The van der Waals surface area contributed by atoms with Gasteiger partial charge in [-0.05, 0) is 51.2 Å². The molecule has 1 aliphatic rings. The first-order valence-electron chi connectivity index (χ1n) is 14.2. The number of nitrogens with zero attached hydrogens (tertiary/aromatic N) is 1. The molecule has 5 amide bonds. The molecule has 4 atom stereocenters. The van der Waals surface area contributed by atoms with Crippen molar-refractivity contribution in [1.82, 2.24) is 20.9 Å². The number of carbonyl (C=O) groups excluding carboxylic acids is 5. The molecule has 12 nitrogen and oxygen atoms in total. The summed E-state index contributed by atoms with van der Waals surface area (Å²) in [6.45, 7) is 5.70. The predicted octanol–water partition coefficient (Wildman–Crippen LogP) is 1.15. The lowest BCUT2D eigenvalue weighted by atomic mass is 9.99. The Labute approximate surface area is 251 Å². The molecule has 2 aromatic carbocycles. The number of aliphatic hydroxyl groups excluding tert-OH is 1. The Kier molecular flexibility index (Phi) is 11.6. The van der Waals surface area contributed by atoms with Gasteiger partial charge >= 0.3 is 6.09 Å². The molecule has 0 radical (unpaired) electrons. The fourth-order valence-corrected chi connectivity index (χ4v) is 4.81. The fourth-order valence-electron chi connectivity index (χ4n) is 4.81. The highest BCUT2D eigenvalue weighted by atomic mass is 16.5. The molecule has 0 saturated carbocycles. The number of primary amides is 1. The first-order chi connectivity index (χ1) is 20.3. The van der Waals surface area contributed by atoms with Gasteiger partial charge in [0.2, 0.25) is 17.7 Å². The second-order valence-electron chi connectivity index (χ2n) is 11.6. The van der Waals surface area contributed by atoms with Crippen molar-refractivity contribution < 1.29 is 33.8 Å². The highest BCUT2D eigenvalue weighted by Gasteiger charge is 2.40. The van der Waals surface area contributed by atoms with Crippen molar-refractivity contribution in [2.75, 3.05) is 6.54 Å². The molecule has 0 spiro atoms. The van der Waals surface area contributed by atoms with Crippen LogP contribution in [-0.4, -0.2) is 76.0 Å². The Hall–Kier alpha value is -4.45. The smallest absolute Gasteiger partial charge is 0.408 e. The predicted molar refractivity (Wildman–Crippen MR) is 158 cm³/mol. The van der Waals surface area contributed by atoms with Gasteiger partial charge in [-0.1, -0.05) is 60.7 Å². The highest BCUT2D eigenvalue weighted by Crippen LogP contribution is 2.21. The zero-order chi connectivity index (χ0) is 31.6. The molecular weight excluding hydrogens is 554 g/mol. The largest absolute Gasteiger partial charge is 0.445 e. The number of hydrogen-bond acceptors (Lipinski definition) is 7. The molecule has 2 aromatic rings. The Morgan fingerprint density at radius 2 is 1.58 bits per heavy atom. The lowest BCUT2D eigenvalue weighted by Gasteiger charge is -2.32. The van der Waals surface area contributed by atoms with E-state index in [1.807, 2.05) is 26.8 Å². The molecule has 1 aliphatic heterocycles. The van der Waals surface area contributed by atoms with Gasteiger partial charge < -0.3 is 36.4 Å². The summed E-state index contributed by atoms with van der Waals surface area (Å²) >= 11 is 0. The summed E-state index contributed by atoms with van der Waals surface area (Å²) in [4.78, 5) is 65.5. The van der Waals surface area contributed by atoms with Crippen LogP contribution in [0.25, 0.3) is 0 Å². The highest BCUT2D eigenvalue weighted by molar-refractivity contribution is 5.93. The van der Waals surface area contributed by atoms with Crippen molar-refractivity contribution in [1.29, 1.82) is 0 Å². The van der Waals surface area contributed by atoms with E-state index in [-0.39, 0.29) is 25.5 Å². The number of carbonyl (C=O) groups is 5. The summed E-state index contributed by atoms with van der Waals surface area (Å²) in [6.07, 6.45) is -2.17. The molecular formula is C31H41N5O7. The summed E-state index contributed by atoms with van der Waals surface area (Å²) in [5, 5.41) is 19.1. The van der Waals surface area contributed by atoms with Gasteiger partial charge in [-0.2, -0.15) is 0 Å². The van der Waals surface area contributed by atoms with Gasteiger partial charge in [0, 0.05) is 12.1 Å². The van der Waals surface area contributed by atoms with Crippen LogP contribution >= 0.6 is 0 Å². The number of alkyl carbamates (subject to hydrolysis) is 1. The average molecular weight is 596 g/mol. The molecule has 0 aliphatic carbocycles. The normalized spacial score (nSPS) is 16.8. The van der Waals surface area contributed by atoms with Crippen LogP contribution in [0.15, 0.2) is 60.7 Å². The number of benzene rings is 2. The fraction of sp³-hybridized carbons (Fsp3) is 0.452. The lowest BCUT2D eigenvalue weighted by Crippen LogP contribution is -2.59. The van der Waals surface area contributed by atoms with E-state index in [1.165, 1.54) is 4.90 Å². The van der Waals surface area contributed by atoms with Crippen molar-refractivity contribution in [2.45, 2.75) is 82.8 Å². The Bertz CT molecular complexity index is 1270. The number of nitrogens with one attached hydrogen (secondary N) is 3. The van der Waals surface area contributed by atoms with Crippen LogP contribution in [-0.2, 0) is 36.9 Å². The van der Waals surface area contributed by atoms with Crippen molar-refractivity contribution in [3.05, 3.63) is 71.8 Å². The van der Waals surface area contributed by atoms with Crippen molar-refractivity contribution >= 4 is 29.7 Å². The van der Waals surface area contributed by atoms with Gasteiger partial charge in [-0.3, -0.25) is 19.2 Å². The van der Waals surface area contributed by atoms with E-state index < -0.39 is 60.0 Å². The number of hydrogen-bond donors (Lipinski definition) is 5. The molecule has 12 heteroatoms. The first kappa shape index (κ1) is 33.1. The zero-order valence-electron chi connectivity index (χ0n) is 24.7. The van der Waals surface area contributed by atoms with Crippen LogP contribution in [0.5, 0.6) is 0 Å². The molecule has 6 N–H and O–H groups in total. The van der Waals surface area contributed by atoms with Crippen LogP contribution in [0, 0.1) is 0 Å². The maximum Gasteiger partial charge on any atom is 0.408 e. The summed E-state index contributed by atoms with van der Waals surface area (Å²) in [7, 11) is 0. The number of rotatable bonds is 12. The van der Waals surface area contributed by atoms with Gasteiger partial charge in [0.05, 0.1) is 12.5 Å². The average Bonchev–Trinajstić information content (AvgIpc) is 3.45. The maximum atomic E-state index is 13.6. The third-order valence-electron chi connectivity index (χ3n) is 6.82. The van der Waals surface area contributed by atoms with E-state index >= 15 is 0 Å². The third kappa shape index (κ3) is 10.4. The van der Waals surface area contributed by atoms with E-state index in [2.05, 4.69) is 16.0 Å². The molecule has 1 saturated heterocycles. The van der Waals surface area contributed by atoms with E-state index in [0.717, 1.165) is 5.56 Å². The maximum absolute atomic E-state index is 13.6. The summed E-state index contributed by atoms with van der Waals surface area (Å²) in [5.41, 5.74) is 6.26. The molecule has 0 bridgehead atoms. The summed E-state index contributed by atoms with van der Waals surface area (Å²) in [5.74, 6) is -2.74.